The first-order valence-corrected chi connectivity index (χ1v) is 7.31. The molecule has 2 N–H and O–H groups in total. The topological polar surface area (TPSA) is 83.5 Å². The minimum absolute atomic E-state index is 0.224. The summed E-state index contributed by atoms with van der Waals surface area (Å²) in [5.74, 6) is -0.596. The van der Waals surface area contributed by atoms with Crippen molar-refractivity contribution < 1.29 is 17.8 Å². The molecule has 0 radical (unpaired) electrons. The molecule has 0 fully saturated rings. The van der Waals surface area contributed by atoms with E-state index in [0.717, 1.165) is 31.8 Å². The first kappa shape index (κ1) is 16.1. The molecule has 0 heterocycles. The van der Waals surface area contributed by atoms with Gasteiger partial charge in [0, 0.05) is 0 Å². The first-order valence-electron chi connectivity index (χ1n) is 5.81. The maximum atomic E-state index is 11.0. The van der Waals surface area contributed by atoms with Crippen LogP contribution in [0.4, 0.5) is 0 Å². The van der Waals surface area contributed by atoms with E-state index in [1.807, 2.05) is 0 Å². The van der Waals surface area contributed by atoms with Gasteiger partial charge in [-0.15, -0.1) is 0 Å². The number of carbonyl (C=O) groups is 1. The number of hydrogen-bond donors (Lipinski definition) is 2. The zero-order valence-electron chi connectivity index (χ0n) is 10.2. The Morgan fingerprint density at radius 1 is 1.35 bits per heavy atom. The van der Waals surface area contributed by atoms with Crippen molar-refractivity contribution in [2.75, 3.05) is 0 Å². The highest BCUT2D eigenvalue weighted by Gasteiger charge is 2.23. The van der Waals surface area contributed by atoms with Crippen molar-refractivity contribution in [3.05, 3.63) is 12.7 Å². The maximum absolute atomic E-state index is 11.0. The van der Waals surface area contributed by atoms with Gasteiger partial charge in [0.15, 0.2) is 5.37 Å². The van der Waals surface area contributed by atoms with Gasteiger partial charge in [-0.1, -0.05) is 45.6 Å². The smallest absolute Gasteiger partial charge is 0.286 e. The molecule has 6 heteroatoms. The Labute approximate surface area is 103 Å². The highest BCUT2D eigenvalue weighted by atomic mass is 32.2. The molecule has 0 aromatic rings. The van der Waals surface area contributed by atoms with E-state index in [4.69, 9.17) is 4.55 Å². The Hall–Kier alpha value is -0.880. The van der Waals surface area contributed by atoms with Crippen LogP contribution in [0.5, 0.6) is 0 Å². The fourth-order valence-corrected chi connectivity index (χ4v) is 2.18. The van der Waals surface area contributed by atoms with E-state index < -0.39 is 21.4 Å². The minimum Gasteiger partial charge on any atom is -0.334 e. The van der Waals surface area contributed by atoms with Crippen LogP contribution in [0.15, 0.2) is 12.7 Å². The summed E-state index contributed by atoms with van der Waals surface area (Å²) >= 11 is 0. The maximum Gasteiger partial charge on any atom is 0.286 e. The van der Waals surface area contributed by atoms with Crippen LogP contribution in [0.1, 0.15) is 45.4 Å². The predicted octanol–water partition coefficient (Wildman–Crippen LogP) is 1.86. The Morgan fingerprint density at radius 2 is 1.94 bits per heavy atom. The van der Waals surface area contributed by atoms with Gasteiger partial charge in [-0.2, -0.15) is 8.42 Å². The lowest BCUT2D eigenvalue weighted by atomic mass is 10.1. The van der Waals surface area contributed by atoms with Crippen LogP contribution >= 0.6 is 0 Å². The van der Waals surface area contributed by atoms with E-state index in [1.165, 1.54) is 0 Å². The van der Waals surface area contributed by atoms with E-state index in [0.29, 0.717) is 6.42 Å². The quantitative estimate of drug-likeness (QED) is 0.378. The predicted molar refractivity (Wildman–Crippen MR) is 67.1 cm³/mol. The Kier molecular flexibility index (Phi) is 7.82. The fourth-order valence-electron chi connectivity index (χ4n) is 1.45. The summed E-state index contributed by atoms with van der Waals surface area (Å²) in [6.45, 7) is 5.32. The summed E-state index contributed by atoms with van der Waals surface area (Å²) < 4.78 is 31.0. The average Bonchev–Trinajstić information content (AvgIpc) is 2.25. The molecule has 0 aromatic heterocycles. The molecule has 0 rings (SSSR count). The summed E-state index contributed by atoms with van der Waals surface area (Å²) in [6, 6.07) is 0. The lowest BCUT2D eigenvalue weighted by Crippen LogP contribution is -2.39. The molecule has 1 unspecified atom stereocenters. The van der Waals surface area contributed by atoms with E-state index in [2.05, 4.69) is 18.8 Å². The summed E-state index contributed by atoms with van der Waals surface area (Å²) in [6.07, 6.45) is 6.00. The van der Waals surface area contributed by atoms with Gasteiger partial charge >= 0.3 is 0 Å². The molecule has 0 saturated heterocycles. The van der Waals surface area contributed by atoms with Crippen molar-refractivity contribution in [2.45, 2.75) is 50.8 Å². The van der Waals surface area contributed by atoms with Crippen LogP contribution < -0.4 is 5.32 Å². The second-order valence-corrected chi connectivity index (χ2v) is 5.52. The van der Waals surface area contributed by atoms with Gasteiger partial charge < -0.3 is 5.32 Å². The zero-order valence-corrected chi connectivity index (χ0v) is 11.0. The van der Waals surface area contributed by atoms with Crippen molar-refractivity contribution >= 4 is 16.0 Å². The van der Waals surface area contributed by atoms with Gasteiger partial charge in [0.25, 0.3) is 10.1 Å². The van der Waals surface area contributed by atoms with E-state index >= 15 is 0 Å². The molecule has 17 heavy (non-hydrogen) atoms. The van der Waals surface area contributed by atoms with Crippen LogP contribution in [0.3, 0.4) is 0 Å². The molecule has 0 saturated carbocycles. The third-order valence-electron chi connectivity index (χ3n) is 2.42. The molecule has 5 nitrogen and oxygen atoms in total. The summed E-state index contributed by atoms with van der Waals surface area (Å²) in [7, 11) is -4.24. The molecular formula is C11H21NO4S. The average molecular weight is 263 g/mol. The number of unbranched alkanes of at least 4 members (excludes halogenated alkanes) is 4. The number of rotatable bonds is 9. The second-order valence-electron chi connectivity index (χ2n) is 3.92. The van der Waals surface area contributed by atoms with Gasteiger partial charge in [0.05, 0.1) is 0 Å². The summed E-state index contributed by atoms with van der Waals surface area (Å²) in [5, 5.41) is 0.975. The molecular weight excluding hydrogens is 242 g/mol. The SMILES string of the molecule is C=CC(=O)NC(CCCCCCC)S(=O)(=O)O. The van der Waals surface area contributed by atoms with E-state index in [-0.39, 0.29) is 6.42 Å². The molecule has 0 spiro atoms. The monoisotopic (exact) mass is 263 g/mol. The highest BCUT2D eigenvalue weighted by Crippen LogP contribution is 2.10. The van der Waals surface area contributed by atoms with Crippen molar-refractivity contribution in [1.82, 2.24) is 5.32 Å². The largest absolute Gasteiger partial charge is 0.334 e. The van der Waals surface area contributed by atoms with Crippen molar-refractivity contribution in [3.8, 4) is 0 Å². The third-order valence-corrected chi connectivity index (χ3v) is 3.49. The van der Waals surface area contributed by atoms with Gasteiger partial charge in [-0.25, -0.2) is 0 Å². The van der Waals surface area contributed by atoms with Gasteiger partial charge in [0.2, 0.25) is 5.91 Å². The number of carbonyl (C=O) groups excluding carboxylic acids is 1. The van der Waals surface area contributed by atoms with Crippen LogP contribution in [-0.4, -0.2) is 24.3 Å². The lowest BCUT2D eigenvalue weighted by Gasteiger charge is -2.14. The number of hydrogen-bond acceptors (Lipinski definition) is 3. The van der Waals surface area contributed by atoms with Gasteiger partial charge in [-0.05, 0) is 12.5 Å². The summed E-state index contributed by atoms with van der Waals surface area (Å²) in [4.78, 5) is 11.0. The number of nitrogens with one attached hydrogen (secondary N) is 1. The molecule has 0 aliphatic carbocycles. The lowest BCUT2D eigenvalue weighted by molar-refractivity contribution is -0.116. The van der Waals surface area contributed by atoms with Gasteiger partial charge in [-0.3, -0.25) is 9.35 Å². The second kappa shape index (κ2) is 8.25. The minimum atomic E-state index is -4.24. The fraction of sp³-hybridized carbons (Fsp3) is 0.727. The highest BCUT2D eigenvalue weighted by molar-refractivity contribution is 7.86. The molecule has 0 aliphatic heterocycles. The summed E-state index contributed by atoms with van der Waals surface area (Å²) in [5.41, 5.74) is 0. The first-order chi connectivity index (χ1) is 7.91. The number of amides is 1. The molecule has 0 bridgehead atoms. The van der Waals surface area contributed by atoms with E-state index in [9.17, 15) is 13.2 Å². The standard InChI is InChI=1S/C11H21NO4S/c1-3-5-6-7-8-9-11(17(14,15)16)12-10(13)4-2/h4,11H,2-3,5-9H2,1H3,(H,12,13)(H,14,15,16). The Morgan fingerprint density at radius 3 is 2.41 bits per heavy atom. The third kappa shape index (κ3) is 7.93. The Balaban J connectivity index is 4.13. The van der Waals surface area contributed by atoms with E-state index in [1.54, 1.807) is 0 Å². The van der Waals surface area contributed by atoms with Crippen LogP contribution in [-0.2, 0) is 14.9 Å². The van der Waals surface area contributed by atoms with Crippen LogP contribution in [0.25, 0.3) is 0 Å². The molecule has 0 aromatic carbocycles. The normalized spacial score (nSPS) is 13.1. The molecule has 0 aliphatic rings. The Bertz CT molecular complexity index is 337. The van der Waals surface area contributed by atoms with Crippen molar-refractivity contribution in [2.24, 2.45) is 0 Å². The zero-order chi connectivity index (χ0) is 13.3. The molecule has 100 valence electrons. The van der Waals surface area contributed by atoms with Gasteiger partial charge in [0.1, 0.15) is 0 Å². The van der Waals surface area contributed by atoms with Crippen molar-refractivity contribution in [3.63, 3.8) is 0 Å². The molecule has 1 amide bonds. The van der Waals surface area contributed by atoms with Crippen LogP contribution in [0, 0.1) is 0 Å². The molecule has 1 atom stereocenters. The van der Waals surface area contributed by atoms with Crippen LogP contribution in [0.2, 0.25) is 0 Å². The van der Waals surface area contributed by atoms with Crippen molar-refractivity contribution in [1.29, 1.82) is 0 Å².